The van der Waals surface area contributed by atoms with Crippen LogP contribution in [0.3, 0.4) is 0 Å². The zero-order valence-corrected chi connectivity index (χ0v) is 20.3. The molecular weight excluding hydrogens is 448 g/mol. The van der Waals surface area contributed by atoms with Crippen LogP contribution in [0.25, 0.3) is 0 Å². The molecule has 4 aliphatic rings. The van der Waals surface area contributed by atoms with Crippen LogP contribution in [0.5, 0.6) is 0 Å². The molecule has 0 amide bonds. The van der Waals surface area contributed by atoms with E-state index in [9.17, 15) is 14.0 Å². The Morgan fingerprint density at radius 1 is 1.17 bits per heavy atom. The van der Waals surface area contributed by atoms with Gasteiger partial charge in [0.2, 0.25) is 5.95 Å². The number of hydrogen-bond donors (Lipinski definition) is 1. The van der Waals surface area contributed by atoms with Crippen molar-refractivity contribution in [2.24, 2.45) is 5.41 Å². The van der Waals surface area contributed by atoms with Gasteiger partial charge >= 0.3 is 0 Å². The number of alkyl halides is 2. The predicted molar refractivity (Wildman–Crippen MR) is 130 cm³/mol. The fraction of sp³-hybridized carbons (Fsp3) is 0.577. The van der Waals surface area contributed by atoms with Crippen LogP contribution in [0.15, 0.2) is 24.4 Å². The molecular formula is C26H31F2N7. The van der Waals surface area contributed by atoms with Crippen molar-refractivity contribution in [3.05, 3.63) is 41.1 Å². The highest BCUT2D eigenvalue weighted by Gasteiger charge is 2.72. The number of piperidine rings is 1. The van der Waals surface area contributed by atoms with E-state index in [0.29, 0.717) is 38.4 Å². The highest BCUT2D eigenvalue weighted by atomic mass is 19.3. The molecule has 35 heavy (non-hydrogen) atoms. The van der Waals surface area contributed by atoms with E-state index in [4.69, 9.17) is 4.98 Å². The van der Waals surface area contributed by atoms with Gasteiger partial charge in [0.1, 0.15) is 5.82 Å². The molecule has 1 aromatic carbocycles. The van der Waals surface area contributed by atoms with Crippen LogP contribution in [0, 0.1) is 23.7 Å². The first-order valence-corrected chi connectivity index (χ1v) is 12.4. The maximum atomic E-state index is 14.1. The summed E-state index contributed by atoms with van der Waals surface area (Å²) >= 11 is 0. The largest absolute Gasteiger partial charge is 0.352 e. The van der Waals surface area contributed by atoms with Crippen molar-refractivity contribution in [1.82, 2.24) is 19.8 Å². The minimum absolute atomic E-state index is 0.0120. The van der Waals surface area contributed by atoms with Crippen LogP contribution in [0.2, 0.25) is 0 Å². The summed E-state index contributed by atoms with van der Waals surface area (Å²) in [6, 6.07) is 8.69. The van der Waals surface area contributed by atoms with Crippen LogP contribution in [-0.4, -0.2) is 64.5 Å². The summed E-state index contributed by atoms with van der Waals surface area (Å²) in [6.07, 6.45) is 3.49. The number of fused-ring (bicyclic) bond motifs is 1. The Morgan fingerprint density at radius 3 is 2.69 bits per heavy atom. The second-order valence-corrected chi connectivity index (χ2v) is 11.1. The third kappa shape index (κ3) is 3.74. The van der Waals surface area contributed by atoms with Crippen LogP contribution >= 0.6 is 0 Å². The van der Waals surface area contributed by atoms with Gasteiger partial charge in [0, 0.05) is 56.6 Å². The van der Waals surface area contributed by atoms with Crippen molar-refractivity contribution >= 4 is 17.5 Å². The van der Waals surface area contributed by atoms with E-state index in [1.807, 2.05) is 13.1 Å². The summed E-state index contributed by atoms with van der Waals surface area (Å²) in [5, 5.41) is 12.9. The molecule has 7 nitrogen and oxygen atoms in total. The SMILES string of the molecule is Cc1cnc(Nc2ccc3c(c2)CN(C)C3)nc1N1CC(CC#N)(N2CCCC3(C2)CC3(F)F)C1. The molecule has 1 saturated carbocycles. The van der Waals surface area contributed by atoms with Crippen LogP contribution in [0.1, 0.15) is 42.4 Å². The molecule has 9 heteroatoms. The van der Waals surface area contributed by atoms with Gasteiger partial charge in [-0.15, -0.1) is 0 Å². The summed E-state index contributed by atoms with van der Waals surface area (Å²) in [5.41, 5.74) is 3.31. The average Bonchev–Trinajstić information content (AvgIpc) is 3.10. The summed E-state index contributed by atoms with van der Waals surface area (Å²) < 4.78 is 28.2. The summed E-state index contributed by atoms with van der Waals surface area (Å²) in [6.45, 7) is 6.28. The number of halogens is 2. The lowest BCUT2D eigenvalue weighted by molar-refractivity contribution is -0.0259. The van der Waals surface area contributed by atoms with Crippen LogP contribution < -0.4 is 10.2 Å². The number of anilines is 3. The monoisotopic (exact) mass is 479 g/mol. The van der Waals surface area contributed by atoms with Gasteiger partial charge in [0.25, 0.3) is 5.92 Å². The molecule has 1 unspecified atom stereocenters. The Labute approximate surface area is 204 Å². The normalized spacial score (nSPS) is 26.8. The third-order valence-corrected chi connectivity index (χ3v) is 8.42. The molecule has 0 bridgehead atoms. The zero-order chi connectivity index (χ0) is 24.4. The van der Waals surface area contributed by atoms with E-state index in [1.165, 1.54) is 11.1 Å². The molecule has 3 fully saturated rings. The average molecular weight is 480 g/mol. The van der Waals surface area contributed by atoms with E-state index in [1.54, 1.807) is 0 Å². The van der Waals surface area contributed by atoms with Gasteiger partial charge in [-0.25, -0.2) is 13.8 Å². The molecule has 6 rings (SSSR count). The molecule has 2 aromatic rings. The second-order valence-electron chi connectivity index (χ2n) is 11.1. The molecule has 4 heterocycles. The topological polar surface area (TPSA) is 71.3 Å². The molecule has 2 saturated heterocycles. The van der Waals surface area contributed by atoms with Crippen molar-refractivity contribution in [1.29, 1.82) is 5.26 Å². The van der Waals surface area contributed by atoms with E-state index in [0.717, 1.165) is 43.1 Å². The molecule has 1 atom stereocenters. The highest BCUT2D eigenvalue weighted by Crippen LogP contribution is 2.65. The van der Waals surface area contributed by atoms with E-state index in [-0.39, 0.29) is 6.42 Å². The fourth-order valence-electron chi connectivity index (χ4n) is 6.33. The van der Waals surface area contributed by atoms with Crippen LogP contribution in [0.4, 0.5) is 26.2 Å². The smallest absolute Gasteiger partial charge is 0.255 e. The molecule has 3 aliphatic heterocycles. The Morgan fingerprint density at radius 2 is 1.94 bits per heavy atom. The minimum atomic E-state index is -2.56. The minimum Gasteiger partial charge on any atom is -0.352 e. The van der Waals surface area contributed by atoms with E-state index in [2.05, 4.69) is 56.3 Å². The van der Waals surface area contributed by atoms with E-state index >= 15 is 0 Å². The van der Waals surface area contributed by atoms with Crippen molar-refractivity contribution in [2.75, 3.05) is 43.4 Å². The van der Waals surface area contributed by atoms with Gasteiger partial charge in [-0.05, 0) is 56.6 Å². The summed E-state index contributed by atoms with van der Waals surface area (Å²) in [7, 11) is 2.11. The molecule has 184 valence electrons. The number of rotatable bonds is 5. The van der Waals surface area contributed by atoms with E-state index < -0.39 is 16.9 Å². The second kappa shape index (κ2) is 7.84. The first kappa shape index (κ1) is 22.6. The highest BCUT2D eigenvalue weighted by molar-refractivity contribution is 5.60. The van der Waals surface area contributed by atoms with Gasteiger partial charge < -0.3 is 10.2 Å². The molecule has 1 aromatic heterocycles. The van der Waals surface area contributed by atoms with Gasteiger partial charge in [0.05, 0.1) is 23.4 Å². The molecule has 1 aliphatic carbocycles. The standard InChI is InChI=1S/C26H31F2N7/c1-18-11-30-23(31-21-5-4-19-12-33(2)13-20(19)10-21)32-22(18)34-16-25(17-34,7-8-29)35-9-3-6-24(15-35)14-26(24,27)28/h4-5,10-11H,3,6-7,9,12-17H2,1-2H3,(H,30,31,32). The van der Waals surface area contributed by atoms with Crippen LogP contribution in [-0.2, 0) is 13.1 Å². The Kier molecular flexibility index (Phi) is 5.07. The van der Waals surface area contributed by atoms with Crippen molar-refractivity contribution < 1.29 is 8.78 Å². The number of aromatic nitrogens is 2. The van der Waals surface area contributed by atoms with Crippen molar-refractivity contribution in [3.8, 4) is 6.07 Å². The number of aryl methyl sites for hydroxylation is 1. The molecule has 0 radical (unpaired) electrons. The first-order valence-electron chi connectivity index (χ1n) is 12.4. The molecule has 1 spiro atoms. The third-order valence-electron chi connectivity index (χ3n) is 8.42. The summed E-state index contributed by atoms with van der Waals surface area (Å²) in [4.78, 5) is 15.9. The maximum Gasteiger partial charge on any atom is 0.255 e. The lowest BCUT2D eigenvalue weighted by Gasteiger charge is -2.57. The number of nitrogens with one attached hydrogen (secondary N) is 1. The number of hydrogen-bond acceptors (Lipinski definition) is 7. The number of nitriles is 1. The molecule has 1 N–H and O–H groups in total. The van der Waals surface area contributed by atoms with Gasteiger partial charge in [-0.1, -0.05) is 6.07 Å². The Bertz CT molecular complexity index is 1200. The number of benzene rings is 1. The zero-order valence-electron chi connectivity index (χ0n) is 20.3. The Balaban J connectivity index is 1.18. The Hall–Kier alpha value is -2.83. The predicted octanol–water partition coefficient (Wildman–Crippen LogP) is 4.07. The number of likely N-dealkylation sites (tertiary alicyclic amines) is 1. The summed E-state index contributed by atoms with van der Waals surface area (Å²) in [5.74, 6) is -1.19. The van der Waals surface area contributed by atoms with Gasteiger partial charge in [-0.3, -0.25) is 9.80 Å². The van der Waals surface area contributed by atoms with Gasteiger partial charge in [0.15, 0.2) is 0 Å². The maximum absolute atomic E-state index is 14.1. The lowest BCUT2D eigenvalue weighted by atomic mass is 9.80. The quantitative estimate of drug-likeness (QED) is 0.693. The lowest BCUT2D eigenvalue weighted by Crippen LogP contribution is -2.72. The number of nitrogens with zero attached hydrogens (tertiary/aromatic N) is 6. The first-order chi connectivity index (χ1) is 16.7. The van der Waals surface area contributed by atoms with Crippen molar-refractivity contribution in [3.63, 3.8) is 0 Å². The van der Waals surface area contributed by atoms with Crippen molar-refractivity contribution in [2.45, 2.75) is 57.2 Å². The fourth-order valence-corrected chi connectivity index (χ4v) is 6.33. The van der Waals surface area contributed by atoms with Gasteiger partial charge in [-0.2, -0.15) is 10.2 Å².